The second-order valence-corrected chi connectivity index (χ2v) is 7.70. The van der Waals surface area contributed by atoms with Gasteiger partial charge in [0, 0.05) is 42.3 Å². The van der Waals surface area contributed by atoms with Crippen molar-refractivity contribution in [3.63, 3.8) is 0 Å². The quantitative estimate of drug-likeness (QED) is 0.547. The van der Waals surface area contributed by atoms with E-state index in [1.54, 1.807) is 30.5 Å². The molecule has 1 fully saturated rings. The van der Waals surface area contributed by atoms with Crippen LogP contribution < -0.4 is 21.3 Å². The van der Waals surface area contributed by atoms with E-state index in [9.17, 15) is 14.0 Å². The number of nitrogens with zero attached hydrogens (tertiary/aromatic N) is 2. The molecule has 1 aliphatic rings. The third-order valence-electron chi connectivity index (χ3n) is 5.53. The predicted octanol–water partition coefficient (Wildman–Crippen LogP) is 3.92. The molecule has 1 aliphatic heterocycles. The number of amides is 2. The van der Waals surface area contributed by atoms with Crippen LogP contribution in [-0.4, -0.2) is 29.9 Å². The zero-order valence-corrected chi connectivity index (χ0v) is 17.4. The lowest BCUT2D eigenvalue weighted by Crippen LogP contribution is -2.38. The van der Waals surface area contributed by atoms with Crippen LogP contribution in [0.5, 0.6) is 0 Å². The third-order valence-corrected chi connectivity index (χ3v) is 5.53. The van der Waals surface area contributed by atoms with Gasteiger partial charge in [-0.25, -0.2) is 9.37 Å². The number of rotatable bonds is 6. The van der Waals surface area contributed by atoms with Crippen LogP contribution in [0.3, 0.4) is 0 Å². The molecule has 32 heavy (non-hydrogen) atoms. The summed E-state index contributed by atoms with van der Waals surface area (Å²) in [5.41, 5.74) is 7.92. The minimum absolute atomic E-state index is 0.0560. The Balaban J connectivity index is 1.42. The van der Waals surface area contributed by atoms with E-state index in [0.29, 0.717) is 22.8 Å². The maximum Gasteiger partial charge on any atom is 0.259 e. The number of aromatic nitrogens is 1. The van der Waals surface area contributed by atoms with Gasteiger partial charge in [0.05, 0.1) is 5.56 Å². The van der Waals surface area contributed by atoms with Gasteiger partial charge in [0.25, 0.3) is 5.91 Å². The molecule has 0 unspecified atom stereocenters. The molecule has 164 valence electrons. The number of primary amides is 1. The van der Waals surface area contributed by atoms with Crippen LogP contribution in [0.15, 0.2) is 66.9 Å². The van der Waals surface area contributed by atoms with Crippen molar-refractivity contribution < 1.29 is 14.0 Å². The number of pyridine rings is 1. The lowest BCUT2D eigenvalue weighted by Gasteiger charge is -2.32. The largest absolute Gasteiger partial charge is 0.371 e. The number of benzene rings is 2. The first-order valence-corrected chi connectivity index (χ1v) is 10.4. The first-order valence-electron chi connectivity index (χ1n) is 10.4. The van der Waals surface area contributed by atoms with Crippen molar-refractivity contribution in [2.24, 2.45) is 11.7 Å². The van der Waals surface area contributed by atoms with Gasteiger partial charge in [0.1, 0.15) is 11.6 Å². The molecule has 1 saturated heterocycles. The molecule has 0 spiro atoms. The van der Waals surface area contributed by atoms with Gasteiger partial charge in [-0.2, -0.15) is 0 Å². The zero-order valence-electron chi connectivity index (χ0n) is 17.4. The van der Waals surface area contributed by atoms with Crippen LogP contribution in [-0.2, 0) is 4.79 Å². The lowest BCUT2D eigenvalue weighted by molar-refractivity contribution is -0.122. The summed E-state index contributed by atoms with van der Waals surface area (Å²) < 4.78 is 13.5. The molecule has 4 rings (SSSR count). The SMILES string of the molecule is NC(=O)C1CCN(c2ccc(NC(=O)c3cccnc3Nc3cccc(F)c3)cc2)CC1. The normalized spacial score (nSPS) is 14.1. The fourth-order valence-corrected chi connectivity index (χ4v) is 3.77. The summed E-state index contributed by atoms with van der Waals surface area (Å²) in [4.78, 5) is 30.6. The Labute approximate surface area is 185 Å². The average Bonchev–Trinajstić information content (AvgIpc) is 2.80. The van der Waals surface area contributed by atoms with E-state index >= 15 is 0 Å². The number of hydrogen-bond acceptors (Lipinski definition) is 5. The highest BCUT2D eigenvalue weighted by atomic mass is 19.1. The molecule has 2 amide bonds. The molecular formula is C24H24FN5O2. The maximum atomic E-state index is 13.5. The highest BCUT2D eigenvalue weighted by Gasteiger charge is 2.23. The van der Waals surface area contributed by atoms with E-state index in [1.165, 1.54) is 12.1 Å². The minimum atomic E-state index is -0.379. The molecule has 0 radical (unpaired) electrons. The molecule has 4 N–H and O–H groups in total. The van der Waals surface area contributed by atoms with Gasteiger partial charge in [-0.05, 0) is 67.4 Å². The van der Waals surface area contributed by atoms with Crippen molar-refractivity contribution in [3.8, 4) is 0 Å². The van der Waals surface area contributed by atoms with Crippen LogP contribution in [0.2, 0.25) is 0 Å². The van der Waals surface area contributed by atoms with E-state index in [1.807, 2.05) is 24.3 Å². The molecule has 0 bridgehead atoms. The molecule has 3 aromatic rings. The molecule has 0 aliphatic carbocycles. The highest BCUT2D eigenvalue weighted by molar-refractivity contribution is 6.07. The van der Waals surface area contributed by atoms with Crippen LogP contribution in [0.4, 0.5) is 27.3 Å². The Bertz CT molecular complexity index is 1110. The minimum Gasteiger partial charge on any atom is -0.371 e. The highest BCUT2D eigenvalue weighted by Crippen LogP contribution is 2.25. The Hall–Kier alpha value is -3.94. The third kappa shape index (κ3) is 5.03. The van der Waals surface area contributed by atoms with Crippen molar-refractivity contribution in [3.05, 3.63) is 78.2 Å². The summed E-state index contributed by atoms with van der Waals surface area (Å²) in [7, 11) is 0. The molecule has 2 heterocycles. The van der Waals surface area contributed by atoms with Crippen molar-refractivity contribution in [2.45, 2.75) is 12.8 Å². The summed E-state index contributed by atoms with van der Waals surface area (Å²) in [5.74, 6) is -0.656. The van der Waals surface area contributed by atoms with E-state index in [0.717, 1.165) is 31.6 Å². The number of piperidine rings is 1. The lowest BCUT2D eigenvalue weighted by atomic mass is 9.96. The van der Waals surface area contributed by atoms with Crippen LogP contribution in [0.25, 0.3) is 0 Å². The monoisotopic (exact) mass is 433 g/mol. The van der Waals surface area contributed by atoms with Crippen LogP contribution >= 0.6 is 0 Å². The van der Waals surface area contributed by atoms with Gasteiger partial charge in [-0.15, -0.1) is 0 Å². The molecule has 8 heteroatoms. The second kappa shape index (κ2) is 9.47. The Morgan fingerprint density at radius 1 is 1.00 bits per heavy atom. The number of nitrogens with two attached hydrogens (primary N) is 1. The van der Waals surface area contributed by atoms with E-state index in [2.05, 4.69) is 20.5 Å². The van der Waals surface area contributed by atoms with Gasteiger partial charge < -0.3 is 21.3 Å². The Morgan fingerprint density at radius 3 is 2.44 bits per heavy atom. The van der Waals surface area contributed by atoms with Crippen LogP contribution in [0, 0.1) is 11.7 Å². The first kappa shape index (κ1) is 21.3. The van der Waals surface area contributed by atoms with Crippen LogP contribution in [0.1, 0.15) is 23.2 Å². The molecule has 7 nitrogen and oxygen atoms in total. The number of hydrogen-bond donors (Lipinski definition) is 3. The average molecular weight is 433 g/mol. The number of anilines is 4. The summed E-state index contributed by atoms with van der Waals surface area (Å²) in [5, 5.41) is 5.87. The van der Waals surface area contributed by atoms with E-state index in [4.69, 9.17) is 5.73 Å². The van der Waals surface area contributed by atoms with Gasteiger partial charge in [-0.1, -0.05) is 6.07 Å². The van der Waals surface area contributed by atoms with Crippen molar-refractivity contribution in [2.75, 3.05) is 28.6 Å². The number of carbonyl (C=O) groups excluding carboxylic acids is 2. The number of nitrogens with one attached hydrogen (secondary N) is 2. The summed E-state index contributed by atoms with van der Waals surface area (Å²) in [6.45, 7) is 1.54. The maximum absolute atomic E-state index is 13.5. The molecule has 0 saturated carbocycles. The summed E-state index contributed by atoms with van der Waals surface area (Å²) in [6.07, 6.45) is 3.06. The molecule has 0 atom stereocenters. The van der Waals surface area contributed by atoms with Gasteiger partial charge >= 0.3 is 0 Å². The molecule has 2 aromatic carbocycles. The Morgan fingerprint density at radius 2 is 1.75 bits per heavy atom. The standard InChI is InChI=1S/C24H24FN5O2/c25-17-3-1-4-19(15-17)28-23-21(5-2-12-27-23)24(32)29-18-6-8-20(9-7-18)30-13-10-16(11-14-30)22(26)31/h1-9,12,15-16H,10-11,13-14H2,(H2,26,31)(H,27,28)(H,29,32). The molecular weight excluding hydrogens is 409 g/mol. The molecule has 1 aromatic heterocycles. The van der Waals surface area contributed by atoms with Crippen molar-refractivity contribution in [1.29, 1.82) is 0 Å². The Kier molecular flexibility index (Phi) is 6.30. The zero-order chi connectivity index (χ0) is 22.5. The second-order valence-electron chi connectivity index (χ2n) is 7.70. The van der Waals surface area contributed by atoms with Crippen molar-refractivity contribution >= 4 is 34.7 Å². The summed E-state index contributed by atoms with van der Waals surface area (Å²) in [6, 6.07) is 16.8. The van der Waals surface area contributed by atoms with Crippen molar-refractivity contribution in [1.82, 2.24) is 4.98 Å². The number of carbonyl (C=O) groups is 2. The summed E-state index contributed by atoms with van der Waals surface area (Å²) >= 11 is 0. The predicted molar refractivity (Wildman–Crippen MR) is 122 cm³/mol. The van der Waals surface area contributed by atoms with Gasteiger partial charge in [-0.3, -0.25) is 9.59 Å². The van der Waals surface area contributed by atoms with Gasteiger partial charge in [0.15, 0.2) is 0 Å². The number of halogens is 1. The van der Waals surface area contributed by atoms with E-state index < -0.39 is 0 Å². The first-order chi connectivity index (χ1) is 15.5. The smallest absolute Gasteiger partial charge is 0.259 e. The topological polar surface area (TPSA) is 100 Å². The van der Waals surface area contributed by atoms with Gasteiger partial charge in [0.2, 0.25) is 5.91 Å². The van der Waals surface area contributed by atoms with E-state index in [-0.39, 0.29) is 23.5 Å². The fraction of sp³-hybridized carbons (Fsp3) is 0.208. The fourth-order valence-electron chi connectivity index (χ4n) is 3.77.